The monoisotopic (exact) mass is 431 g/mol. The summed E-state index contributed by atoms with van der Waals surface area (Å²) in [5, 5.41) is 4.15. The summed E-state index contributed by atoms with van der Waals surface area (Å²) in [6, 6.07) is 0.143. The third-order valence-corrected chi connectivity index (χ3v) is 7.18. The highest BCUT2D eigenvalue weighted by Gasteiger charge is 2.31. The fourth-order valence-electron chi connectivity index (χ4n) is 4.72. The van der Waals surface area contributed by atoms with Crippen molar-refractivity contribution in [2.75, 3.05) is 0 Å². The lowest BCUT2D eigenvalue weighted by Crippen LogP contribution is -2.42. The van der Waals surface area contributed by atoms with E-state index in [0.717, 1.165) is 48.2 Å². The van der Waals surface area contributed by atoms with Crippen molar-refractivity contribution >= 4 is 27.6 Å². The molecular formula is C23H33N3O3S. The highest BCUT2D eigenvalue weighted by Crippen LogP contribution is 2.47. The van der Waals surface area contributed by atoms with Crippen LogP contribution in [0.25, 0.3) is 10.2 Å². The van der Waals surface area contributed by atoms with Gasteiger partial charge in [0.25, 0.3) is 0 Å². The predicted octanol–water partition coefficient (Wildman–Crippen LogP) is 5.74. The number of carbonyl (C=O) groups is 1. The Morgan fingerprint density at radius 2 is 1.97 bits per heavy atom. The van der Waals surface area contributed by atoms with Crippen molar-refractivity contribution in [3.05, 3.63) is 16.8 Å². The van der Waals surface area contributed by atoms with Crippen LogP contribution in [0.5, 0.6) is 5.88 Å². The van der Waals surface area contributed by atoms with Crippen LogP contribution in [0.3, 0.4) is 0 Å². The van der Waals surface area contributed by atoms with Crippen molar-refractivity contribution in [3.63, 3.8) is 0 Å². The summed E-state index contributed by atoms with van der Waals surface area (Å²) in [7, 11) is 0. The Bertz CT molecular complexity index is 897. The first-order chi connectivity index (χ1) is 14.3. The molecule has 2 heterocycles. The molecule has 0 unspecified atom stereocenters. The standard InChI is InChI=1S/C23H33N3O3S/c1-5-6-14-7-12-17-18(14)19-20(24-13-25-21(19)30-17)28-16-10-8-15(9-11-16)26-22(27)29-23(2,3)4/h13-16H,5-12H2,1-4H3,(H,26,27)/t14-,15?,16?/m0/s1. The van der Waals surface area contributed by atoms with Gasteiger partial charge in [0.1, 0.15) is 22.9 Å². The van der Waals surface area contributed by atoms with Crippen LogP contribution in [0.4, 0.5) is 4.79 Å². The van der Waals surface area contributed by atoms with Gasteiger partial charge in [0.2, 0.25) is 5.88 Å². The zero-order valence-corrected chi connectivity index (χ0v) is 19.3. The minimum Gasteiger partial charge on any atom is -0.474 e. The smallest absolute Gasteiger partial charge is 0.407 e. The maximum absolute atomic E-state index is 12.0. The van der Waals surface area contributed by atoms with Crippen LogP contribution in [0.1, 0.15) is 89.0 Å². The third kappa shape index (κ3) is 4.71. The van der Waals surface area contributed by atoms with Crippen molar-refractivity contribution in [3.8, 4) is 5.88 Å². The van der Waals surface area contributed by atoms with Crippen LogP contribution in [0, 0.1) is 0 Å². The first kappa shape index (κ1) is 21.3. The maximum Gasteiger partial charge on any atom is 0.407 e. The van der Waals surface area contributed by atoms with Crippen LogP contribution < -0.4 is 10.1 Å². The van der Waals surface area contributed by atoms with E-state index in [2.05, 4.69) is 22.2 Å². The summed E-state index contributed by atoms with van der Waals surface area (Å²) in [6.07, 6.45) is 9.80. The van der Waals surface area contributed by atoms with Gasteiger partial charge < -0.3 is 14.8 Å². The molecule has 2 aromatic heterocycles. The summed E-state index contributed by atoms with van der Waals surface area (Å²) in [5.74, 6) is 1.37. The third-order valence-electron chi connectivity index (χ3n) is 6.01. The van der Waals surface area contributed by atoms with Gasteiger partial charge in [-0.25, -0.2) is 14.8 Å². The number of carbonyl (C=O) groups excluding carboxylic acids is 1. The van der Waals surface area contributed by atoms with Gasteiger partial charge in [0, 0.05) is 10.9 Å². The summed E-state index contributed by atoms with van der Waals surface area (Å²) in [4.78, 5) is 23.6. The van der Waals surface area contributed by atoms with E-state index in [1.165, 1.54) is 29.7 Å². The largest absolute Gasteiger partial charge is 0.474 e. The highest BCUT2D eigenvalue weighted by molar-refractivity contribution is 7.19. The van der Waals surface area contributed by atoms with Gasteiger partial charge in [0.05, 0.1) is 5.39 Å². The van der Waals surface area contributed by atoms with E-state index in [4.69, 9.17) is 9.47 Å². The quantitative estimate of drug-likeness (QED) is 0.654. The Hall–Kier alpha value is -1.89. The molecule has 2 aliphatic carbocycles. The zero-order valence-electron chi connectivity index (χ0n) is 18.5. The molecule has 30 heavy (non-hydrogen) atoms. The van der Waals surface area contributed by atoms with Gasteiger partial charge >= 0.3 is 6.09 Å². The minimum absolute atomic E-state index is 0.126. The van der Waals surface area contributed by atoms with E-state index in [1.54, 1.807) is 6.33 Å². The molecule has 4 rings (SSSR count). The SMILES string of the molecule is CCC[C@H]1CCc2sc3ncnc(OC4CCC(NC(=O)OC(C)(C)C)CC4)c3c21. The molecule has 7 heteroatoms. The summed E-state index contributed by atoms with van der Waals surface area (Å²) < 4.78 is 11.8. The fourth-order valence-corrected chi connectivity index (χ4v) is 5.96. The van der Waals surface area contributed by atoms with E-state index in [0.29, 0.717) is 5.92 Å². The predicted molar refractivity (Wildman–Crippen MR) is 119 cm³/mol. The Kier molecular flexibility index (Phi) is 6.19. The molecule has 0 spiro atoms. The lowest BCUT2D eigenvalue weighted by Gasteiger charge is -2.30. The Balaban J connectivity index is 1.41. The second-order valence-electron chi connectivity index (χ2n) is 9.56. The number of aryl methyl sites for hydroxylation is 1. The summed E-state index contributed by atoms with van der Waals surface area (Å²) in [5.41, 5.74) is 0.979. The maximum atomic E-state index is 12.0. The first-order valence-electron chi connectivity index (χ1n) is 11.3. The van der Waals surface area contributed by atoms with Crippen molar-refractivity contribution in [2.24, 2.45) is 0 Å². The molecule has 6 nitrogen and oxygen atoms in total. The molecule has 1 fully saturated rings. The number of nitrogens with zero attached hydrogens (tertiary/aromatic N) is 2. The van der Waals surface area contributed by atoms with Crippen LogP contribution in [-0.2, 0) is 11.2 Å². The van der Waals surface area contributed by atoms with E-state index in [9.17, 15) is 4.79 Å². The molecule has 1 saturated carbocycles. The molecule has 2 aliphatic rings. The van der Waals surface area contributed by atoms with Crippen LogP contribution in [0.2, 0.25) is 0 Å². The molecule has 0 bridgehead atoms. The van der Waals surface area contributed by atoms with Crippen LogP contribution in [0.15, 0.2) is 6.33 Å². The number of aromatic nitrogens is 2. The second kappa shape index (κ2) is 8.69. The molecular weight excluding hydrogens is 398 g/mol. The Morgan fingerprint density at radius 3 is 2.67 bits per heavy atom. The van der Waals surface area contributed by atoms with E-state index < -0.39 is 5.60 Å². The lowest BCUT2D eigenvalue weighted by molar-refractivity contribution is 0.0470. The van der Waals surface area contributed by atoms with Gasteiger partial charge in [-0.3, -0.25) is 0 Å². The van der Waals surface area contributed by atoms with Crippen molar-refractivity contribution < 1.29 is 14.3 Å². The molecule has 0 aromatic carbocycles. The molecule has 0 aliphatic heterocycles. The first-order valence-corrected chi connectivity index (χ1v) is 12.1. The van der Waals surface area contributed by atoms with Gasteiger partial charge in [-0.15, -0.1) is 11.3 Å². The van der Waals surface area contributed by atoms with Crippen molar-refractivity contribution in [1.82, 2.24) is 15.3 Å². The summed E-state index contributed by atoms with van der Waals surface area (Å²) in [6.45, 7) is 7.90. The van der Waals surface area contributed by atoms with Crippen molar-refractivity contribution in [1.29, 1.82) is 0 Å². The molecule has 2 aromatic rings. The number of amides is 1. The van der Waals surface area contributed by atoms with Gasteiger partial charge in [0.15, 0.2) is 0 Å². The number of alkyl carbamates (subject to hydrolysis) is 1. The number of hydrogen-bond donors (Lipinski definition) is 1. The molecule has 0 saturated heterocycles. The van der Waals surface area contributed by atoms with E-state index in [1.807, 2.05) is 32.1 Å². The number of fused-ring (bicyclic) bond motifs is 3. The van der Waals surface area contributed by atoms with E-state index >= 15 is 0 Å². The lowest BCUT2D eigenvalue weighted by atomic mass is 9.93. The molecule has 1 N–H and O–H groups in total. The number of ether oxygens (including phenoxy) is 2. The summed E-state index contributed by atoms with van der Waals surface area (Å²) >= 11 is 1.81. The fraction of sp³-hybridized carbons (Fsp3) is 0.696. The van der Waals surface area contributed by atoms with Crippen LogP contribution in [-0.4, -0.2) is 33.8 Å². The number of rotatable bonds is 5. The van der Waals surface area contributed by atoms with E-state index in [-0.39, 0.29) is 18.2 Å². The molecule has 0 radical (unpaired) electrons. The normalized spacial score (nSPS) is 23.9. The average molecular weight is 432 g/mol. The highest BCUT2D eigenvalue weighted by atomic mass is 32.1. The number of thiophene rings is 1. The van der Waals surface area contributed by atoms with Gasteiger partial charge in [-0.2, -0.15) is 0 Å². The molecule has 164 valence electrons. The topological polar surface area (TPSA) is 73.3 Å². The van der Waals surface area contributed by atoms with Gasteiger partial charge in [-0.1, -0.05) is 13.3 Å². The van der Waals surface area contributed by atoms with Gasteiger partial charge in [-0.05, 0) is 77.2 Å². The Labute approximate surface area is 182 Å². The zero-order chi connectivity index (χ0) is 21.3. The number of hydrogen-bond acceptors (Lipinski definition) is 6. The second-order valence-corrected chi connectivity index (χ2v) is 10.6. The average Bonchev–Trinajstić information content (AvgIpc) is 3.22. The minimum atomic E-state index is -0.473. The molecule has 1 atom stereocenters. The molecule has 1 amide bonds. The Morgan fingerprint density at radius 1 is 1.20 bits per heavy atom. The van der Waals surface area contributed by atoms with Crippen molar-refractivity contribution in [2.45, 2.75) is 103 Å². The number of nitrogens with one attached hydrogen (secondary N) is 1. The van der Waals surface area contributed by atoms with Crippen LogP contribution >= 0.6 is 11.3 Å².